The van der Waals surface area contributed by atoms with Crippen molar-refractivity contribution in [2.45, 2.75) is 37.1 Å². The number of carboxylic acid groups (broad SMARTS) is 1. The van der Waals surface area contributed by atoms with Crippen molar-refractivity contribution in [2.24, 2.45) is 0 Å². The molecule has 2 aliphatic rings. The van der Waals surface area contributed by atoms with Gasteiger partial charge in [0, 0.05) is 25.9 Å². The molecule has 26 heavy (non-hydrogen) atoms. The Labute approximate surface area is 171 Å². The average molecular weight is 372 g/mol. The maximum atomic E-state index is 12.4. The summed E-state index contributed by atoms with van der Waals surface area (Å²) >= 11 is 0. The van der Waals surface area contributed by atoms with Gasteiger partial charge in [-0.15, -0.1) is 0 Å². The standard InChI is InChI=1S/C16H18N2O7.Na/c1-18-9(8-3-2-4-17-7-8)5-11(14(18)21)24-16-13(20)10(19)6-12(25-16)15(22)23;/h2-4,6-7,9-11,13,16,19-20H,5H2,1H3,(H,22,23);/q;+1/p-1/t9-,10-,11+,13?,16+;/m0./s1. The minimum atomic E-state index is -1.65. The summed E-state index contributed by atoms with van der Waals surface area (Å²) in [5, 5.41) is 30.6. The van der Waals surface area contributed by atoms with E-state index in [2.05, 4.69) is 4.98 Å². The van der Waals surface area contributed by atoms with Crippen molar-refractivity contribution in [3.8, 4) is 0 Å². The molecule has 2 N–H and O–H groups in total. The maximum absolute atomic E-state index is 12.4. The zero-order valence-electron chi connectivity index (χ0n) is 14.3. The molecular weight excluding hydrogens is 355 g/mol. The quantitative estimate of drug-likeness (QED) is 0.503. The van der Waals surface area contributed by atoms with E-state index in [1.165, 1.54) is 4.90 Å². The molecule has 1 fully saturated rings. The normalized spacial score (nSPS) is 31.0. The third-order valence-corrected chi connectivity index (χ3v) is 4.29. The molecule has 134 valence electrons. The van der Waals surface area contributed by atoms with Crippen molar-refractivity contribution in [1.82, 2.24) is 9.88 Å². The first kappa shape index (κ1) is 20.8. The molecule has 0 aromatic carbocycles. The smallest absolute Gasteiger partial charge is 0.542 e. The van der Waals surface area contributed by atoms with E-state index in [0.29, 0.717) is 0 Å². The number of likely N-dealkylation sites (tertiary alicyclic amines) is 1. The number of aliphatic hydroxyl groups excluding tert-OH is 2. The molecule has 2 aliphatic heterocycles. The number of carbonyl (C=O) groups is 2. The van der Waals surface area contributed by atoms with Gasteiger partial charge in [-0.05, 0) is 17.7 Å². The van der Waals surface area contributed by atoms with E-state index in [1.54, 1.807) is 25.5 Å². The van der Waals surface area contributed by atoms with Gasteiger partial charge in [-0.2, -0.15) is 0 Å². The summed E-state index contributed by atoms with van der Waals surface area (Å²) in [6.45, 7) is 0. The second-order valence-corrected chi connectivity index (χ2v) is 5.90. The minimum Gasteiger partial charge on any atom is -0.542 e. The summed E-state index contributed by atoms with van der Waals surface area (Å²) in [5.74, 6) is -2.64. The van der Waals surface area contributed by atoms with Crippen LogP contribution in [0.1, 0.15) is 18.0 Å². The molecule has 0 bridgehead atoms. The first-order valence-corrected chi connectivity index (χ1v) is 7.66. The molecule has 1 amide bonds. The number of nitrogens with zero attached hydrogens (tertiary/aromatic N) is 2. The Morgan fingerprint density at radius 1 is 1.46 bits per heavy atom. The zero-order chi connectivity index (χ0) is 18.1. The summed E-state index contributed by atoms with van der Waals surface area (Å²) in [6, 6.07) is 3.31. The molecule has 1 aromatic rings. The maximum Gasteiger partial charge on any atom is 1.00 e. The SMILES string of the molecule is CN1C(=O)[C@H](O[C@@H]2OC(C(=O)[O-])=C[C@H](O)C2O)C[C@H]1c1cccnc1.[Na+]. The van der Waals surface area contributed by atoms with Crippen LogP contribution in [0.15, 0.2) is 36.4 Å². The number of aromatic nitrogens is 1. The van der Waals surface area contributed by atoms with Crippen LogP contribution in [0.25, 0.3) is 0 Å². The van der Waals surface area contributed by atoms with E-state index >= 15 is 0 Å². The van der Waals surface area contributed by atoms with Crippen LogP contribution in [-0.4, -0.2) is 63.6 Å². The number of aliphatic carboxylic acids is 1. The molecule has 3 rings (SSSR count). The van der Waals surface area contributed by atoms with Gasteiger partial charge in [0.05, 0.1) is 6.04 Å². The number of hydrogen-bond donors (Lipinski definition) is 2. The molecule has 0 radical (unpaired) electrons. The Bertz CT molecular complexity index is 699. The minimum absolute atomic E-state index is 0. The van der Waals surface area contributed by atoms with Crippen LogP contribution in [0, 0.1) is 0 Å². The summed E-state index contributed by atoms with van der Waals surface area (Å²) < 4.78 is 10.5. The van der Waals surface area contributed by atoms with Gasteiger partial charge in [-0.3, -0.25) is 9.78 Å². The van der Waals surface area contributed by atoms with Crippen LogP contribution >= 0.6 is 0 Å². The molecule has 9 nitrogen and oxygen atoms in total. The molecule has 10 heteroatoms. The van der Waals surface area contributed by atoms with Crippen LogP contribution in [0.4, 0.5) is 0 Å². The van der Waals surface area contributed by atoms with Gasteiger partial charge in [0.15, 0.2) is 0 Å². The first-order valence-electron chi connectivity index (χ1n) is 7.66. The van der Waals surface area contributed by atoms with Gasteiger partial charge in [0.1, 0.15) is 30.0 Å². The van der Waals surface area contributed by atoms with Crippen molar-refractivity contribution in [2.75, 3.05) is 7.05 Å². The van der Waals surface area contributed by atoms with E-state index in [1.807, 2.05) is 6.07 Å². The number of rotatable bonds is 4. The summed E-state index contributed by atoms with van der Waals surface area (Å²) in [7, 11) is 1.61. The first-order chi connectivity index (χ1) is 11.9. The van der Waals surface area contributed by atoms with Crippen LogP contribution in [0.5, 0.6) is 0 Å². The largest absolute Gasteiger partial charge is 1.00 e. The molecule has 1 unspecified atom stereocenters. The number of likely N-dealkylation sites (N-methyl/N-ethyl adjacent to an activating group) is 1. The van der Waals surface area contributed by atoms with E-state index in [0.717, 1.165) is 11.6 Å². The molecule has 0 aliphatic carbocycles. The summed E-state index contributed by atoms with van der Waals surface area (Å²) in [5.41, 5.74) is 0.824. The molecule has 0 spiro atoms. The Balaban J connectivity index is 0.00000243. The van der Waals surface area contributed by atoms with Crippen LogP contribution in [0.2, 0.25) is 0 Å². The number of amides is 1. The van der Waals surface area contributed by atoms with E-state index in [9.17, 15) is 24.9 Å². The third kappa shape index (κ3) is 4.08. The Hall–Kier alpha value is -1.49. The van der Waals surface area contributed by atoms with Gasteiger partial charge >= 0.3 is 29.6 Å². The number of hydrogen-bond acceptors (Lipinski definition) is 8. The number of aliphatic hydroxyl groups is 2. The Kier molecular flexibility index (Phi) is 6.78. The Morgan fingerprint density at radius 3 is 2.81 bits per heavy atom. The molecule has 5 atom stereocenters. The second-order valence-electron chi connectivity index (χ2n) is 5.90. The van der Waals surface area contributed by atoms with Crippen molar-refractivity contribution in [3.63, 3.8) is 0 Å². The molecular formula is C16H17N2NaO7. The second kappa shape index (κ2) is 8.47. The van der Waals surface area contributed by atoms with Crippen molar-refractivity contribution in [3.05, 3.63) is 41.9 Å². The fourth-order valence-electron chi connectivity index (χ4n) is 2.92. The summed E-state index contributed by atoms with van der Waals surface area (Å²) in [6.07, 6.45) is -1.13. The van der Waals surface area contributed by atoms with Crippen LogP contribution in [0.3, 0.4) is 0 Å². The monoisotopic (exact) mass is 372 g/mol. The fraction of sp³-hybridized carbons (Fsp3) is 0.438. The van der Waals surface area contributed by atoms with Gasteiger partial charge in [0.25, 0.3) is 5.91 Å². The van der Waals surface area contributed by atoms with Crippen molar-refractivity contribution in [1.29, 1.82) is 0 Å². The van der Waals surface area contributed by atoms with Gasteiger partial charge in [-0.1, -0.05) is 6.07 Å². The molecule has 1 aromatic heterocycles. The topological polar surface area (TPSA) is 132 Å². The van der Waals surface area contributed by atoms with Crippen molar-refractivity contribution >= 4 is 11.9 Å². The molecule has 1 saturated heterocycles. The average Bonchev–Trinajstić information content (AvgIpc) is 2.87. The van der Waals surface area contributed by atoms with E-state index < -0.39 is 36.3 Å². The van der Waals surface area contributed by atoms with Crippen LogP contribution in [-0.2, 0) is 19.1 Å². The summed E-state index contributed by atoms with van der Waals surface area (Å²) in [4.78, 5) is 28.8. The van der Waals surface area contributed by atoms with Gasteiger partial charge in [0.2, 0.25) is 6.29 Å². The van der Waals surface area contributed by atoms with Gasteiger partial charge in [-0.25, -0.2) is 0 Å². The Morgan fingerprint density at radius 2 is 2.19 bits per heavy atom. The fourth-order valence-corrected chi connectivity index (χ4v) is 2.92. The van der Waals surface area contributed by atoms with E-state index in [4.69, 9.17) is 9.47 Å². The molecule has 0 saturated carbocycles. The van der Waals surface area contributed by atoms with E-state index in [-0.39, 0.29) is 47.9 Å². The van der Waals surface area contributed by atoms with Crippen molar-refractivity contribution < 1.29 is 63.9 Å². The zero-order valence-corrected chi connectivity index (χ0v) is 16.3. The predicted octanol–water partition coefficient (Wildman–Crippen LogP) is -4.91. The third-order valence-electron chi connectivity index (χ3n) is 4.29. The molecule has 3 heterocycles. The van der Waals surface area contributed by atoms with Gasteiger partial charge < -0.3 is 34.5 Å². The predicted molar refractivity (Wildman–Crippen MR) is 79.2 cm³/mol. The number of pyridine rings is 1. The number of carbonyl (C=O) groups excluding carboxylic acids is 2. The number of carboxylic acids is 1. The van der Waals surface area contributed by atoms with Crippen LogP contribution < -0.4 is 34.7 Å². The number of ether oxygens (including phenoxy) is 2.